The lowest BCUT2D eigenvalue weighted by Gasteiger charge is -2.23. The average Bonchev–Trinajstić information content (AvgIpc) is 2.96. The van der Waals surface area contributed by atoms with Crippen molar-refractivity contribution in [2.75, 3.05) is 6.54 Å². The minimum absolute atomic E-state index is 0.0402. The molecule has 1 N–H and O–H groups in total. The normalized spacial score (nSPS) is 10.8. The molecular weight excluding hydrogens is 327 g/mol. The first-order valence-corrected chi connectivity index (χ1v) is 7.08. The molecule has 1 heterocycles. The fraction of sp³-hybridized carbons (Fsp3) is 0.286. The zero-order chi connectivity index (χ0) is 17.1. The lowest BCUT2D eigenvalue weighted by molar-refractivity contribution is -0.138. The van der Waals surface area contributed by atoms with E-state index in [1.807, 2.05) is 0 Å². The molecule has 2 rings (SSSR count). The Morgan fingerprint density at radius 3 is 2.74 bits per heavy atom. The highest BCUT2D eigenvalue weighted by Gasteiger charge is 2.24. The van der Waals surface area contributed by atoms with Crippen LogP contribution >= 0.6 is 11.6 Å². The number of carbonyl (C=O) groups excluding carboxylic acids is 1. The van der Waals surface area contributed by atoms with E-state index in [0.717, 1.165) is 9.58 Å². The van der Waals surface area contributed by atoms with Gasteiger partial charge in [-0.25, -0.2) is 9.07 Å². The van der Waals surface area contributed by atoms with Crippen molar-refractivity contribution in [3.05, 3.63) is 40.9 Å². The first-order chi connectivity index (χ1) is 10.8. The van der Waals surface area contributed by atoms with Crippen LogP contribution in [-0.2, 0) is 4.79 Å². The summed E-state index contributed by atoms with van der Waals surface area (Å²) in [5.41, 5.74) is -0.0438. The number of amides is 1. The van der Waals surface area contributed by atoms with E-state index in [4.69, 9.17) is 16.7 Å². The van der Waals surface area contributed by atoms with Crippen LogP contribution in [0.2, 0.25) is 5.02 Å². The Hall–Kier alpha value is -2.48. The van der Waals surface area contributed by atoms with Crippen LogP contribution < -0.4 is 0 Å². The van der Waals surface area contributed by atoms with Crippen LogP contribution in [0.15, 0.2) is 24.4 Å². The fourth-order valence-electron chi connectivity index (χ4n) is 1.93. The lowest BCUT2D eigenvalue weighted by atomic mass is 10.2. The molecule has 0 spiro atoms. The van der Waals surface area contributed by atoms with Gasteiger partial charge in [-0.2, -0.15) is 0 Å². The quantitative estimate of drug-likeness (QED) is 0.899. The van der Waals surface area contributed by atoms with Crippen molar-refractivity contribution in [3.63, 3.8) is 0 Å². The molecule has 7 nitrogen and oxygen atoms in total. The molecule has 2 aromatic rings. The number of carbonyl (C=O) groups is 2. The first-order valence-electron chi connectivity index (χ1n) is 6.70. The Morgan fingerprint density at radius 2 is 2.13 bits per heavy atom. The molecule has 23 heavy (non-hydrogen) atoms. The monoisotopic (exact) mass is 340 g/mol. The molecule has 0 aliphatic rings. The van der Waals surface area contributed by atoms with Crippen molar-refractivity contribution in [1.29, 1.82) is 0 Å². The van der Waals surface area contributed by atoms with E-state index in [1.54, 1.807) is 13.8 Å². The Balaban J connectivity index is 2.32. The number of rotatable bonds is 5. The summed E-state index contributed by atoms with van der Waals surface area (Å²) >= 11 is 5.71. The molecule has 0 aliphatic carbocycles. The first kappa shape index (κ1) is 16.9. The standard InChI is InChI=1S/C14H14ClFN4O3/c1-8(2)19(7-12(21)22)14(23)10-6-20(18-17-10)11-5-3-4-9(15)13(11)16/h3-6,8H,7H2,1-2H3,(H,21,22). The lowest BCUT2D eigenvalue weighted by Crippen LogP contribution is -2.40. The van der Waals surface area contributed by atoms with E-state index in [-0.39, 0.29) is 22.4 Å². The van der Waals surface area contributed by atoms with Crippen LogP contribution in [0, 0.1) is 5.82 Å². The highest BCUT2D eigenvalue weighted by molar-refractivity contribution is 6.30. The van der Waals surface area contributed by atoms with Crippen molar-refractivity contribution < 1.29 is 19.1 Å². The van der Waals surface area contributed by atoms with E-state index in [0.29, 0.717) is 0 Å². The maximum absolute atomic E-state index is 14.0. The number of aliphatic carboxylic acids is 1. The number of nitrogens with zero attached hydrogens (tertiary/aromatic N) is 4. The summed E-state index contributed by atoms with van der Waals surface area (Å²) in [6.07, 6.45) is 1.23. The van der Waals surface area contributed by atoms with Crippen molar-refractivity contribution in [2.45, 2.75) is 19.9 Å². The van der Waals surface area contributed by atoms with E-state index in [1.165, 1.54) is 24.4 Å². The number of carboxylic acids is 1. The molecule has 0 saturated heterocycles. The smallest absolute Gasteiger partial charge is 0.323 e. The zero-order valence-electron chi connectivity index (χ0n) is 12.4. The summed E-state index contributed by atoms with van der Waals surface area (Å²) in [6, 6.07) is 4.01. The summed E-state index contributed by atoms with van der Waals surface area (Å²) in [5.74, 6) is -2.43. The number of hydrogen-bond acceptors (Lipinski definition) is 4. The number of halogens is 2. The summed E-state index contributed by atoms with van der Waals surface area (Å²) in [4.78, 5) is 24.3. The van der Waals surface area contributed by atoms with Crippen molar-refractivity contribution in [3.8, 4) is 5.69 Å². The molecule has 1 aromatic heterocycles. The van der Waals surface area contributed by atoms with E-state index in [2.05, 4.69) is 10.3 Å². The van der Waals surface area contributed by atoms with Gasteiger partial charge in [0.2, 0.25) is 0 Å². The highest BCUT2D eigenvalue weighted by atomic mass is 35.5. The molecular formula is C14H14ClFN4O3. The SMILES string of the molecule is CC(C)N(CC(=O)O)C(=O)c1cn(-c2cccc(Cl)c2F)nn1. The Morgan fingerprint density at radius 1 is 1.43 bits per heavy atom. The number of aromatic nitrogens is 3. The van der Waals surface area contributed by atoms with E-state index < -0.39 is 24.2 Å². The molecule has 0 radical (unpaired) electrons. The number of benzene rings is 1. The third-order valence-corrected chi connectivity index (χ3v) is 3.37. The van der Waals surface area contributed by atoms with Gasteiger partial charge in [-0.1, -0.05) is 22.9 Å². The van der Waals surface area contributed by atoms with Crippen LogP contribution in [0.5, 0.6) is 0 Å². The van der Waals surface area contributed by atoms with Gasteiger partial charge >= 0.3 is 5.97 Å². The molecule has 0 atom stereocenters. The van der Waals surface area contributed by atoms with Gasteiger partial charge in [-0.3, -0.25) is 9.59 Å². The molecule has 1 aromatic carbocycles. The largest absolute Gasteiger partial charge is 0.480 e. The van der Waals surface area contributed by atoms with Crippen LogP contribution in [0.25, 0.3) is 5.69 Å². The summed E-state index contributed by atoms with van der Waals surface area (Å²) < 4.78 is 15.0. The van der Waals surface area contributed by atoms with Gasteiger partial charge < -0.3 is 10.0 Å². The Bertz CT molecular complexity index is 747. The molecule has 0 bridgehead atoms. The van der Waals surface area contributed by atoms with Gasteiger partial charge in [-0.15, -0.1) is 5.10 Å². The fourth-order valence-corrected chi connectivity index (χ4v) is 2.10. The second kappa shape index (κ2) is 6.74. The second-order valence-electron chi connectivity index (χ2n) is 5.04. The average molecular weight is 341 g/mol. The van der Waals surface area contributed by atoms with Crippen LogP contribution in [0.3, 0.4) is 0 Å². The van der Waals surface area contributed by atoms with E-state index in [9.17, 15) is 14.0 Å². The topological polar surface area (TPSA) is 88.3 Å². The van der Waals surface area contributed by atoms with Crippen LogP contribution in [-0.4, -0.2) is 49.5 Å². The molecule has 0 aliphatic heterocycles. The Labute approximate surface area is 136 Å². The van der Waals surface area contributed by atoms with Gasteiger partial charge in [-0.05, 0) is 26.0 Å². The summed E-state index contributed by atoms with van der Waals surface area (Å²) in [7, 11) is 0. The summed E-state index contributed by atoms with van der Waals surface area (Å²) in [6.45, 7) is 2.90. The van der Waals surface area contributed by atoms with Crippen molar-refractivity contribution >= 4 is 23.5 Å². The van der Waals surface area contributed by atoms with Gasteiger partial charge in [0.15, 0.2) is 11.5 Å². The van der Waals surface area contributed by atoms with Gasteiger partial charge in [0.1, 0.15) is 12.2 Å². The minimum Gasteiger partial charge on any atom is -0.480 e. The maximum atomic E-state index is 14.0. The predicted molar refractivity (Wildman–Crippen MR) is 80.1 cm³/mol. The number of hydrogen-bond donors (Lipinski definition) is 1. The minimum atomic E-state index is -1.14. The van der Waals surface area contributed by atoms with Gasteiger partial charge in [0, 0.05) is 6.04 Å². The van der Waals surface area contributed by atoms with E-state index >= 15 is 0 Å². The molecule has 0 fully saturated rings. The van der Waals surface area contributed by atoms with Crippen LogP contribution in [0.4, 0.5) is 4.39 Å². The second-order valence-corrected chi connectivity index (χ2v) is 5.45. The zero-order valence-corrected chi connectivity index (χ0v) is 13.2. The Kier molecular flexibility index (Phi) is 4.95. The van der Waals surface area contributed by atoms with Gasteiger partial charge in [0.05, 0.1) is 11.2 Å². The third-order valence-electron chi connectivity index (χ3n) is 3.08. The maximum Gasteiger partial charge on any atom is 0.323 e. The summed E-state index contributed by atoms with van der Waals surface area (Å²) in [5, 5.41) is 16.2. The molecule has 0 saturated carbocycles. The van der Waals surface area contributed by atoms with Crippen molar-refractivity contribution in [2.24, 2.45) is 0 Å². The highest BCUT2D eigenvalue weighted by Crippen LogP contribution is 2.20. The number of carboxylic acid groups (broad SMARTS) is 1. The molecule has 122 valence electrons. The molecule has 0 unspecified atom stereocenters. The third kappa shape index (κ3) is 3.65. The molecule has 9 heteroatoms. The molecule has 1 amide bonds. The van der Waals surface area contributed by atoms with Crippen LogP contribution in [0.1, 0.15) is 24.3 Å². The van der Waals surface area contributed by atoms with Gasteiger partial charge in [0.25, 0.3) is 5.91 Å². The van der Waals surface area contributed by atoms with Crippen molar-refractivity contribution in [1.82, 2.24) is 19.9 Å². The predicted octanol–water partition coefficient (Wildman–Crippen LogP) is 1.99.